The molecule has 3 nitrogen and oxygen atoms in total. The number of cyclic esters (lactones) is 1. The molecule has 1 atom stereocenters. The molecule has 0 aromatic carbocycles. The molecule has 1 amide bonds. The van der Waals surface area contributed by atoms with Crippen LogP contribution in [0.2, 0.25) is 0 Å². The van der Waals surface area contributed by atoms with Crippen molar-refractivity contribution in [2.24, 2.45) is 5.92 Å². The van der Waals surface area contributed by atoms with Gasteiger partial charge in [-0.25, -0.2) is 4.79 Å². The number of rotatable bonds is 4. The standard InChI is InChI=1S/C12H23NO2/c1-6-12(5,7-2)13-10(9(3)4)8-15-11(13)14/h9-10H,6-8H2,1-5H3/t10-/m1/s1. The van der Waals surface area contributed by atoms with Crippen molar-refractivity contribution in [2.45, 2.75) is 59.0 Å². The summed E-state index contributed by atoms with van der Waals surface area (Å²) in [4.78, 5) is 13.7. The first kappa shape index (κ1) is 12.3. The third kappa shape index (κ3) is 2.11. The second-order valence-corrected chi connectivity index (χ2v) is 4.96. The molecule has 0 aromatic heterocycles. The summed E-state index contributed by atoms with van der Waals surface area (Å²) in [5, 5.41) is 0. The second-order valence-electron chi connectivity index (χ2n) is 4.96. The van der Waals surface area contributed by atoms with Gasteiger partial charge in [0, 0.05) is 5.54 Å². The van der Waals surface area contributed by atoms with Crippen molar-refractivity contribution < 1.29 is 9.53 Å². The lowest BCUT2D eigenvalue weighted by atomic mass is 9.90. The highest BCUT2D eigenvalue weighted by atomic mass is 16.6. The SMILES string of the molecule is CCC(C)(CC)N1C(=O)OC[C@@H]1C(C)C. The Morgan fingerprint density at radius 3 is 2.40 bits per heavy atom. The molecular weight excluding hydrogens is 190 g/mol. The molecular formula is C12H23NO2. The van der Waals surface area contributed by atoms with Crippen molar-refractivity contribution in [3.63, 3.8) is 0 Å². The van der Waals surface area contributed by atoms with E-state index in [9.17, 15) is 4.79 Å². The van der Waals surface area contributed by atoms with Gasteiger partial charge < -0.3 is 4.74 Å². The van der Waals surface area contributed by atoms with Gasteiger partial charge in [-0.05, 0) is 25.7 Å². The summed E-state index contributed by atoms with van der Waals surface area (Å²) in [6.45, 7) is 11.2. The number of ether oxygens (including phenoxy) is 1. The number of hydrogen-bond acceptors (Lipinski definition) is 2. The molecule has 1 aliphatic heterocycles. The lowest BCUT2D eigenvalue weighted by Crippen LogP contribution is -2.52. The third-order valence-electron chi connectivity index (χ3n) is 3.78. The van der Waals surface area contributed by atoms with Crippen molar-refractivity contribution >= 4 is 6.09 Å². The van der Waals surface area contributed by atoms with Crippen molar-refractivity contribution in [3.8, 4) is 0 Å². The molecule has 3 heteroatoms. The summed E-state index contributed by atoms with van der Waals surface area (Å²) in [5.74, 6) is 0.453. The van der Waals surface area contributed by atoms with Crippen LogP contribution in [0.25, 0.3) is 0 Å². The summed E-state index contributed by atoms with van der Waals surface area (Å²) in [7, 11) is 0. The normalized spacial score (nSPS) is 22.4. The van der Waals surface area contributed by atoms with E-state index < -0.39 is 0 Å². The lowest BCUT2D eigenvalue weighted by Gasteiger charge is -2.40. The minimum absolute atomic E-state index is 0.0531. The van der Waals surface area contributed by atoms with Crippen LogP contribution in [0.4, 0.5) is 4.79 Å². The summed E-state index contributed by atoms with van der Waals surface area (Å²) in [5.41, 5.74) is -0.0531. The van der Waals surface area contributed by atoms with Crippen molar-refractivity contribution in [1.29, 1.82) is 0 Å². The zero-order chi connectivity index (χ0) is 11.6. The van der Waals surface area contributed by atoms with Gasteiger partial charge in [0.25, 0.3) is 0 Å². The minimum atomic E-state index is -0.139. The number of amides is 1. The van der Waals surface area contributed by atoms with E-state index in [1.54, 1.807) is 0 Å². The maximum atomic E-state index is 11.8. The molecule has 0 spiro atoms. The predicted octanol–water partition coefficient (Wildman–Crippen LogP) is 3.04. The number of nitrogens with zero attached hydrogens (tertiary/aromatic N) is 1. The van der Waals surface area contributed by atoms with Crippen molar-refractivity contribution in [3.05, 3.63) is 0 Å². The Morgan fingerprint density at radius 1 is 1.47 bits per heavy atom. The molecule has 1 saturated heterocycles. The van der Waals surface area contributed by atoms with E-state index in [-0.39, 0.29) is 17.7 Å². The topological polar surface area (TPSA) is 29.5 Å². The maximum Gasteiger partial charge on any atom is 0.410 e. The van der Waals surface area contributed by atoms with Crippen LogP contribution in [0.1, 0.15) is 47.5 Å². The summed E-state index contributed by atoms with van der Waals surface area (Å²) < 4.78 is 5.18. The maximum absolute atomic E-state index is 11.8. The monoisotopic (exact) mass is 213 g/mol. The fraction of sp³-hybridized carbons (Fsp3) is 0.917. The van der Waals surface area contributed by atoms with Crippen LogP contribution in [0, 0.1) is 5.92 Å². The first-order valence-corrected chi connectivity index (χ1v) is 5.92. The Morgan fingerprint density at radius 2 is 2.00 bits per heavy atom. The molecule has 0 radical (unpaired) electrons. The van der Waals surface area contributed by atoms with Crippen LogP contribution < -0.4 is 0 Å². The zero-order valence-corrected chi connectivity index (χ0v) is 10.5. The molecule has 1 rings (SSSR count). The summed E-state index contributed by atoms with van der Waals surface area (Å²) >= 11 is 0. The Kier molecular flexibility index (Phi) is 3.63. The third-order valence-corrected chi connectivity index (χ3v) is 3.78. The van der Waals surface area contributed by atoms with Crippen LogP contribution >= 0.6 is 0 Å². The molecule has 88 valence electrons. The van der Waals surface area contributed by atoms with Crippen LogP contribution in [0.5, 0.6) is 0 Å². The molecule has 1 fully saturated rings. The van der Waals surface area contributed by atoms with E-state index in [0.29, 0.717) is 12.5 Å². The smallest absolute Gasteiger partial charge is 0.410 e. The van der Waals surface area contributed by atoms with Gasteiger partial charge in [-0.2, -0.15) is 0 Å². The number of hydrogen-bond donors (Lipinski definition) is 0. The number of carbonyl (C=O) groups is 1. The lowest BCUT2D eigenvalue weighted by molar-refractivity contribution is 0.0855. The van der Waals surface area contributed by atoms with E-state index in [2.05, 4.69) is 34.6 Å². The minimum Gasteiger partial charge on any atom is -0.447 e. The Balaban J connectivity index is 2.93. The van der Waals surface area contributed by atoms with E-state index >= 15 is 0 Å². The van der Waals surface area contributed by atoms with Gasteiger partial charge in [0.15, 0.2) is 0 Å². The van der Waals surface area contributed by atoms with Gasteiger partial charge >= 0.3 is 6.09 Å². The average Bonchev–Trinajstić information content (AvgIpc) is 2.60. The predicted molar refractivity (Wildman–Crippen MR) is 60.8 cm³/mol. The van der Waals surface area contributed by atoms with Gasteiger partial charge in [-0.1, -0.05) is 27.7 Å². The fourth-order valence-electron chi connectivity index (χ4n) is 2.14. The first-order chi connectivity index (χ1) is 6.96. The highest BCUT2D eigenvalue weighted by Gasteiger charge is 2.44. The van der Waals surface area contributed by atoms with Gasteiger partial charge in [0.2, 0.25) is 0 Å². The molecule has 1 aliphatic rings. The Hall–Kier alpha value is -0.730. The van der Waals surface area contributed by atoms with Crippen LogP contribution in [-0.4, -0.2) is 29.2 Å². The number of carbonyl (C=O) groups excluding carboxylic acids is 1. The van der Waals surface area contributed by atoms with E-state index in [4.69, 9.17) is 4.74 Å². The molecule has 1 heterocycles. The second kappa shape index (κ2) is 4.42. The van der Waals surface area contributed by atoms with Crippen LogP contribution in [0.15, 0.2) is 0 Å². The molecule has 0 bridgehead atoms. The highest BCUT2D eigenvalue weighted by Crippen LogP contribution is 2.32. The molecule has 0 aliphatic carbocycles. The molecule has 0 unspecified atom stereocenters. The fourth-order valence-corrected chi connectivity index (χ4v) is 2.14. The Labute approximate surface area is 92.8 Å². The zero-order valence-electron chi connectivity index (χ0n) is 10.5. The average molecular weight is 213 g/mol. The molecule has 0 aromatic rings. The van der Waals surface area contributed by atoms with Gasteiger partial charge in [0.05, 0.1) is 6.04 Å². The van der Waals surface area contributed by atoms with Crippen molar-refractivity contribution in [2.75, 3.05) is 6.61 Å². The van der Waals surface area contributed by atoms with Crippen LogP contribution in [-0.2, 0) is 4.74 Å². The van der Waals surface area contributed by atoms with E-state index in [1.807, 2.05) is 4.90 Å². The first-order valence-electron chi connectivity index (χ1n) is 5.92. The van der Waals surface area contributed by atoms with E-state index in [0.717, 1.165) is 12.8 Å². The van der Waals surface area contributed by atoms with Crippen LogP contribution in [0.3, 0.4) is 0 Å². The molecule has 0 N–H and O–H groups in total. The largest absolute Gasteiger partial charge is 0.447 e. The molecule has 15 heavy (non-hydrogen) atoms. The quantitative estimate of drug-likeness (QED) is 0.718. The molecule has 0 saturated carbocycles. The van der Waals surface area contributed by atoms with Crippen molar-refractivity contribution in [1.82, 2.24) is 4.90 Å². The summed E-state index contributed by atoms with van der Waals surface area (Å²) in [6, 6.07) is 0.238. The van der Waals surface area contributed by atoms with Gasteiger partial charge in [-0.15, -0.1) is 0 Å². The van der Waals surface area contributed by atoms with Gasteiger partial charge in [-0.3, -0.25) is 4.90 Å². The summed E-state index contributed by atoms with van der Waals surface area (Å²) in [6.07, 6.45) is 1.81. The van der Waals surface area contributed by atoms with E-state index in [1.165, 1.54) is 0 Å². The van der Waals surface area contributed by atoms with Gasteiger partial charge in [0.1, 0.15) is 6.61 Å². The Bertz CT molecular complexity index is 234. The highest BCUT2D eigenvalue weighted by molar-refractivity contribution is 5.71.